The Morgan fingerprint density at radius 1 is 1.31 bits per heavy atom. The number of thioether (sulfide) groups is 1. The molecule has 1 aliphatic rings. The molecule has 0 atom stereocenters. The van der Waals surface area contributed by atoms with Crippen molar-refractivity contribution in [2.75, 3.05) is 11.1 Å². The number of hydrogen-bond donors (Lipinski definition) is 1. The van der Waals surface area contributed by atoms with Crippen molar-refractivity contribution in [2.45, 2.75) is 37.3 Å². The van der Waals surface area contributed by atoms with Crippen LogP contribution in [0.3, 0.4) is 0 Å². The SMILES string of the molecule is Cn1c(SCC(=O)Nc2sc3c(c2C#N)CCCCC3)nc2ccccc2c1=O. The maximum absolute atomic E-state index is 12.5. The Labute approximate surface area is 176 Å². The summed E-state index contributed by atoms with van der Waals surface area (Å²) in [6.07, 6.45) is 5.28. The van der Waals surface area contributed by atoms with Gasteiger partial charge < -0.3 is 5.32 Å². The molecule has 3 aromatic rings. The highest BCUT2D eigenvalue weighted by atomic mass is 32.2. The number of nitrogens with one attached hydrogen (secondary N) is 1. The third-order valence-corrected chi connectivity index (χ3v) is 7.30. The highest BCUT2D eigenvalue weighted by molar-refractivity contribution is 7.99. The monoisotopic (exact) mass is 424 g/mol. The number of anilines is 1. The average Bonchev–Trinajstić information content (AvgIpc) is 2.88. The summed E-state index contributed by atoms with van der Waals surface area (Å²) >= 11 is 2.74. The first-order valence-corrected chi connectivity index (χ1v) is 11.3. The van der Waals surface area contributed by atoms with Crippen molar-refractivity contribution in [3.8, 4) is 6.07 Å². The average molecular weight is 425 g/mol. The summed E-state index contributed by atoms with van der Waals surface area (Å²) in [7, 11) is 1.66. The highest BCUT2D eigenvalue weighted by Gasteiger charge is 2.21. The van der Waals surface area contributed by atoms with Crippen LogP contribution in [0, 0.1) is 11.3 Å². The van der Waals surface area contributed by atoms with Gasteiger partial charge in [0.2, 0.25) is 5.91 Å². The molecule has 0 unspecified atom stereocenters. The van der Waals surface area contributed by atoms with Crippen LogP contribution in [0.4, 0.5) is 5.00 Å². The molecule has 0 saturated carbocycles. The van der Waals surface area contributed by atoms with Gasteiger partial charge in [0.15, 0.2) is 5.16 Å². The van der Waals surface area contributed by atoms with E-state index in [2.05, 4.69) is 16.4 Å². The van der Waals surface area contributed by atoms with Crippen LogP contribution in [0.2, 0.25) is 0 Å². The van der Waals surface area contributed by atoms with Gasteiger partial charge >= 0.3 is 0 Å². The van der Waals surface area contributed by atoms with E-state index in [-0.39, 0.29) is 17.2 Å². The number of aromatic nitrogens is 2. The predicted molar refractivity (Wildman–Crippen MR) is 117 cm³/mol. The Morgan fingerprint density at radius 2 is 2.10 bits per heavy atom. The van der Waals surface area contributed by atoms with Gasteiger partial charge in [0.1, 0.15) is 11.1 Å². The van der Waals surface area contributed by atoms with Gasteiger partial charge in [-0.15, -0.1) is 11.3 Å². The summed E-state index contributed by atoms with van der Waals surface area (Å²) in [5.74, 6) is -0.0863. The third-order valence-electron chi connectivity index (χ3n) is 5.06. The van der Waals surface area contributed by atoms with Crippen molar-refractivity contribution >= 4 is 44.9 Å². The number of para-hydroxylation sites is 1. The van der Waals surface area contributed by atoms with Gasteiger partial charge in [0.25, 0.3) is 5.56 Å². The molecule has 6 nitrogen and oxygen atoms in total. The Kier molecular flexibility index (Phi) is 5.69. The van der Waals surface area contributed by atoms with Crippen molar-refractivity contribution in [1.29, 1.82) is 5.26 Å². The first kappa shape index (κ1) is 19.7. The van der Waals surface area contributed by atoms with Crippen LogP contribution in [0.5, 0.6) is 0 Å². The first-order valence-electron chi connectivity index (χ1n) is 9.51. The van der Waals surface area contributed by atoms with E-state index in [1.165, 1.54) is 39.0 Å². The van der Waals surface area contributed by atoms with Crippen LogP contribution < -0.4 is 10.9 Å². The van der Waals surface area contributed by atoms with Crippen LogP contribution in [0.15, 0.2) is 34.2 Å². The molecular formula is C21H20N4O2S2. The van der Waals surface area contributed by atoms with E-state index in [0.29, 0.717) is 26.6 Å². The van der Waals surface area contributed by atoms with E-state index in [0.717, 1.165) is 31.2 Å². The second-order valence-corrected chi connectivity index (χ2v) is 9.04. The van der Waals surface area contributed by atoms with Gasteiger partial charge in [-0.3, -0.25) is 14.2 Å². The molecule has 0 aliphatic heterocycles. The third kappa shape index (κ3) is 3.93. The number of nitriles is 1. The van der Waals surface area contributed by atoms with E-state index >= 15 is 0 Å². The maximum atomic E-state index is 12.5. The van der Waals surface area contributed by atoms with Gasteiger partial charge in [-0.2, -0.15) is 5.26 Å². The summed E-state index contributed by atoms with van der Waals surface area (Å²) in [6.45, 7) is 0. The summed E-state index contributed by atoms with van der Waals surface area (Å²) < 4.78 is 1.47. The lowest BCUT2D eigenvalue weighted by Crippen LogP contribution is -2.21. The van der Waals surface area contributed by atoms with Crippen molar-refractivity contribution in [1.82, 2.24) is 9.55 Å². The lowest BCUT2D eigenvalue weighted by molar-refractivity contribution is -0.113. The summed E-state index contributed by atoms with van der Waals surface area (Å²) in [6, 6.07) is 9.46. The van der Waals surface area contributed by atoms with Gasteiger partial charge in [-0.1, -0.05) is 30.3 Å². The van der Waals surface area contributed by atoms with E-state index in [9.17, 15) is 14.9 Å². The van der Waals surface area contributed by atoms with Crippen molar-refractivity contribution in [3.05, 3.63) is 50.6 Å². The lowest BCUT2D eigenvalue weighted by atomic mass is 10.1. The maximum Gasteiger partial charge on any atom is 0.261 e. The van der Waals surface area contributed by atoms with Crippen molar-refractivity contribution in [3.63, 3.8) is 0 Å². The van der Waals surface area contributed by atoms with Gasteiger partial charge in [-0.25, -0.2) is 4.98 Å². The van der Waals surface area contributed by atoms with Crippen LogP contribution in [-0.4, -0.2) is 21.2 Å². The molecule has 148 valence electrons. The Hall–Kier alpha value is -2.63. The molecule has 0 fully saturated rings. The molecule has 1 aromatic carbocycles. The van der Waals surface area contributed by atoms with E-state index < -0.39 is 0 Å². The first-order chi connectivity index (χ1) is 14.1. The van der Waals surface area contributed by atoms with Gasteiger partial charge in [0.05, 0.1) is 22.2 Å². The van der Waals surface area contributed by atoms with E-state index in [1.54, 1.807) is 25.2 Å². The number of fused-ring (bicyclic) bond motifs is 2. The molecule has 0 spiro atoms. The quantitative estimate of drug-likeness (QED) is 0.390. The summed E-state index contributed by atoms with van der Waals surface area (Å²) in [5, 5.41) is 14.2. The number of amides is 1. The number of benzene rings is 1. The second-order valence-electron chi connectivity index (χ2n) is 6.99. The largest absolute Gasteiger partial charge is 0.316 e. The minimum atomic E-state index is -0.203. The molecule has 2 aromatic heterocycles. The standard InChI is InChI=1S/C21H20N4O2S2/c1-25-20(27)14-8-5-6-9-16(14)23-21(25)28-12-18(26)24-19-15(11-22)13-7-3-2-4-10-17(13)29-19/h5-6,8-9H,2-4,7,10,12H2,1H3,(H,24,26). The number of carbonyl (C=O) groups is 1. The fourth-order valence-electron chi connectivity index (χ4n) is 3.57. The number of thiophene rings is 1. The molecule has 29 heavy (non-hydrogen) atoms. The molecule has 1 amide bonds. The van der Waals surface area contributed by atoms with E-state index in [1.807, 2.05) is 6.07 Å². The molecule has 0 saturated heterocycles. The molecule has 8 heteroatoms. The minimum absolute atomic E-state index is 0.117. The zero-order chi connectivity index (χ0) is 20.4. The normalized spacial score (nSPS) is 13.5. The number of carbonyl (C=O) groups excluding carboxylic acids is 1. The number of nitrogens with zero attached hydrogens (tertiary/aromatic N) is 3. The fourth-order valence-corrected chi connectivity index (χ4v) is 5.60. The number of rotatable bonds is 4. The van der Waals surface area contributed by atoms with Crippen LogP contribution in [0.1, 0.15) is 35.3 Å². The van der Waals surface area contributed by atoms with Gasteiger partial charge in [-0.05, 0) is 43.4 Å². The van der Waals surface area contributed by atoms with Gasteiger partial charge in [0, 0.05) is 11.9 Å². The molecule has 1 N–H and O–H groups in total. The lowest BCUT2D eigenvalue weighted by Gasteiger charge is -2.08. The Morgan fingerprint density at radius 3 is 2.93 bits per heavy atom. The predicted octanol–water partition coefficient (Wildman–Crippen LogP) is 3.87. The molecular weight excluding hydrogens is 404 g/mol. The Bertz CT molecular complexity index is 1190. The zero-order valence-electron chi connectivity index (χ0n) is 16.0. The van der Waals surface area contributed by atoms with Crippen LogP contribution in [-0.2, 0) is 24.7 Å². The van der Waals surface area contributed by atoms with Crippen LogP contribution >= 0.6 is 23.1 Å². The Balaban J connectivity index is 1.50. The van der Waals surface area contributed by atoms with E-state index in [4.69, 9.17) is 0 Å². The molecule has 0 bridgehead atoms. The number of hydrogen-bond acceptors (Lipinski definition) is 6. The molecule has 4 rings (SSSR count). The fraction of sp³-hybridized carbons (Fsp3) is 0.333. The summed E-state index contributed by atoms with van der Waals surface area (Å²) in [5.41, 5.74) is 2.21. The second kappa shape index (κ2) is 8.39. The number of aryl methyl sites for hydroxylation is 1. The van der Waals surface area contributed by atoms with Crippen molar-refractivity contribution in [2.24, 2.45) is 7.05 Å². The molecule has 1 aliphatic carbocycles. The molecule has 0 radical (unpaired) electrons. The zero-order valence-corrected chi connectivity index (χ0v) is 17.7. The van der Waals surface area contributed by atoms with Crippen LogP contribution in [0.25, 0.3) is 10.9 Å². The summed E-state index contributed by atoms with van der Waals surface area (Å²) in [4.78, 5) is 30.8. The smallest absolute Gasteiger partial charge is 0.261 e. The topological polar surface area (TPSA) is 87.8 Å². The highest BCUT2D eigenvalue weighted by Crippen LogP contribution is 2.37. The molecule has 2 heterocycles. The minimum Gasteiger partial charge on any atom is -0.316 e. The van der Waals surface area contributed by atoms with Crippen molar-refractivity contribution < 1.29 is 4.79 Å².